The maximum Gasteiger partial charge on any atom is 0.343 e. The highest BCUT2D eigenvalue weighted by Gasteiger charge is 2.14. The summed E-state index contributed by atoms with van der Waals surface area (Å²) < 4.78 is 10.6. The van der Waals surface area contributed by atoms with Crippen LogP contribution >= 0.6 is 11.6 Å². The van der Waals surface area contributed by atoms with Gasteiger partial charge in [-0.25, -0.2) is 10.2 Å². The number of halogens is 1. The van der Waals surface area contributed by atoms with Crippen molar-refractivity contribution < 1.29 is 23.9 Å². The van der Waals surface area contributed by atoms with Crippen molar-refractivity contribution in [2.45, 2.75) is 0 Å². The van der Waals surface area contributed by atoms with Gasteiger partial charge < -0.3 is 14.8 Å². The molecule has 0 radical (unpaired) electrons. The first kappa shape index (κ1) is 22.5. The highest BCUT2D eigenvalue weighted by molar-refractivity contribution is 6.39. The number of anilines is 1. The molecule has 2 amide bonds. The zero-order valence-electron chi connectivity index (χ0n) is 16.9. The third-order valence-corrected chi connectivity index (χ3v) is 4.30. The molecule has 0 atom stereocenters. The van der Waals surface area contributed by atoms with Crippen molar-refractivity contribution >= 4 is 41.3 Å². The van der Waals surface area contributed by atoms with Crippen LogP contribution in [0, 0.1) is 0 Å². The molecule has 0 aromatic heterocycles. The SMILES string of the molecule is COc1cc(/C=N/NC(=O)C(=O)Nc2cccc(Cl)c2)ccc1OC(=O)c1ccccc1. The Morgan fingerprint density at radius 1 is 0.906 bits per heavy atom. The molecule has 0 unspecified atom stereocenters. The molecule has 0 saturated carbocycles. The topological polar surface area (TPSA) is 106 Å². The number of hydrazone groups is 1. The zero-order chi connectivity index (χ0) is 22.9. The van der Waals surface area contributed by atoms with Crippen molar-refractivity contribution in [3.05, 3.63) is 88.9 Å². The van der Waals surface area contributed by atoms with Gasteiger partial charge in [0, 0.05) is 10.7 Å². The highest BCUT2D eigenvalue weighted by atomic mass is 35.5. The predicted molar refractivity (Wildman–Crippen MR) is 120 cm³/mol. The number of methoxy groups -OCH3 is 1. The Balaban J connectivity index is 1.60. The number of amides is 2. The largest absolute Gasteiger partial charge is 0.493 e. The lowest BCUT2D eigenvalue weighted by Gasteiger charge is -2.10. The van der Waals surface area contributed by atoms with E-state index in [1.807, 2.05) is 0 Å². The lowest BCUT2D eigenvalue weighted by molar-refractivity contribution is -0.136. The average molecular weight is 452 g/mol. The van der Waals surface area contributed by atoms with Gasteiger partial charge in [-0.1, -0.05) is 35.9 Å². The summed E-state index contributed by atoms with van der Waals surface area (Å²) in [5.41, 5.74) is 3.45. The molecule has 0 aliphatic heterocycles. The van der Waals surface area contributed by atoms with E-state index in [0.717, 1.165) is 0 Å². The molecule has 2 N–H and O–H groups in total. The molecule has 162 valence electrons. The van der Waals surface area contributed by atoms with Gasteiger partial charge >= 0.3 is 17.8 Å². The van der Waals surface area contributed by atoms with E-state index in [0.29, 0.717) is 27.6 Å². The van der Waals surface area contributed by atoms with Crippen LogP contribution in [0.4, 0.5) is 5.69 Å². The van der Waals surface area contributed by atoms with Gasteiger partial charge in [0.2, 0.25) is 0 Å². The van der Waals surface area contributed by atoms with E-state index in [2.05, 4.69) is 15.8 Å². The summed E-state index contributed by atoms with van der Waals surface area (Å²) >= 11 is 5.84. The van der Waals surface area contributed by atoms with E-state index >= 15 is 0 Å². The maximum atomic E-state index is 12.2. The molecule has 3 aromatic carbocycles. The van der Waals surface area contributed by atoms with Gasteiger partial charge in [-0.2, -0.15) is 5.10 Å². The van der Waals surface area contributed by atoms with E-state index in [9.17, 15) is 14.4 Å². The number of ether oxygens (including phenoxy) is 2. The van der Waals surface area contributed by atoms with Crippen molar-refractivity contribution in [1.82, 2.24) is 5.43 Å². The second-order valence-electron chi connectivity index (χ2n) is 6.33. The number of nitrogens with zero attached hydrogens (tertiary/aromatic N) is 1. The fraction of sp³-hybridized carbons (Fsp3) is 0.0435. The van der Waals surface area contributed by atoms with Crippen molar-refractivity contribution in [2.75, 3.05) is 12.4 Å². The molecule has 32 heavy (non-hydrogen) atoms. The standard InChI is InChI=1S/C23H18ClN3O5/c1-31-20-12-15(10-11-19(20)32-23(30)16-6-3-2-4-7-16)14-25-27-22(29)21(28)26-18-9-5-8-17(24)13-18/h2-14H,1H3,(H,26,28)(H,27,29)/b25-14+. The summed E-state index contributed by atoms with van der Waals surface area (Å²) in [4.78, 5) is 36.1. The molecular formula is C23H18ClN3O5. The van der Waals surface area contributed by atoms with Crippen LogP contribution in [0.2, 0.25) is 5.02 Å². The number of nitrogens with one attached hydrogen (secondary N) is 2. The third kappa shape index (κ3) is 6.16. The van der Waals surface area contributed by atoms with E-state index < -0.39 is 17.8 Å². The fourth-order valence-corrected chi connectivity index (χ4v) is 2.74. The van der Waals surface area contributed by atoms with Gasteiger partial charge in [0.05, 0.1) is 18.9 Å². The summed E-state index contributed by atoms with van der Waals surface area (Å²) in [5, 5.41) is 6.60. The second kappa shape index (κ2) is 10.7. The number of carbonyl (C=O) groups excluding carboxylic acids is 3. The van der Waals surface area contributed by atoms with Crippen LogP contribution in [0.5, 0.6) is 11.5 Å². The number of hydrogen-bond acceptors (Lipinski definition) is 6. The normalized spacial score (nSPS) is 10.4. The van der Waals surface area contributed by atoms with Gasteiger partial charge in [-0.3, -0.25) is 9.59 Å². The molecule has 0 spiro atoms. The summed E-state index contributed by atoms with van der Waals surface area (Å²) in [6, 6.07) is 19.6. The number of esters is 1. The Hall–Kier alpha value is -4.17. The Labute approximate surface area is 188 Å². The smallest absolute Gasteiger partial charge is 0.343 e. The van der Waals surface area contributed by atoms with Gasteiger partial charge in [-0.15, -0.1) is 0 Å². The van der Waals surface area contributed by atoms with E-state index in [1.54, 1.807) is 60.7 Å². The van der Waals surface area contributed by atoms with Gasteiger partial charge in [0.15, 0.2) is 11.5 Å². The van der Waals surface area contributed by atoms with Crippen molar-refractivity contribution in [3.8, 4) is 11.5 Å². The van der Waals surface area contributed by atoms with Crippen molar-refractivity contribution in [2.24, 2.45) is 5.10 Å². The first-order chi connectivity index (χ1) is 15.5. The molecule has 0 aliphatic rings. The van der Waals surface area contributed by atoms with E-state index in [1.165, 1.54) is 25.5 Å². The van der Waals surface area contributed by atoms with Crippen LogP contribution in [-0.4, -0.2) is 31.1 Å². The minimum Gasteiger partial charge on any atom is -0.493 e. The number of rotatable bonds is 6. The van der Waals surface area contributed by atoms with Crippen molar-refractivity contribution in [3.63, 3.8) is 0 Å². The summed E-state index contributed by atoms with van der Waals surface area (Å²) in [7, 11) is 1.43. The van der Waals surface area contributed by atoms with Crippen LogP contribution in [0.15, 0.2) is 77.9 Å². The molecule has 0 heterocycles. The number of benzene rings is 3. The highest BCUT2D eigenvalue weighted by Crippen LogP contribution is 2.28. The van der Waals surface area contributed by atoms with Gasteiger partial charge in [0.1, 0.15) is 0 Å². The van der Waals surface area contributed by atoms with E-state index in [4.69, 9.17) is 21.1 Å². The first-order valence-electron chi connectivity index (χ1n) is 9.31. The first-order valence-corrected chi connectivity index (χ1v) is 9.69. The van der Waals surface area contributed by atoms with Crippen LogP contribution < -0.4 is 20.2 Å². The lowest BCUT2D eigenvalue weighted by Crippen LogP contribution is -2.32. The second-order valence-corrected chi connectivity index (χ2v) is 6.77. The Morgan fingerprint density at radius 3 is 2.41 bits per heavy atom. The molecule has 0 bridgehead atoms. The van der Waals surface area contributed by atoms with Crippen molar-refractivity contribution in [1.29, 1.82) is 0 Å². The third-order valence-electron chi connectivity index (χ3n) is 4.07. The Bertz CT molecular complexity index is 1170. The zero-order valence-corrected chi connectivity index (χ0v) is 17.6. The van der Waals surface area contributed by atoms with Gasteiger partial charge in [0.25, 0.3) is 0 Å². The molecule has 8 nitrogen and oxygen atoms in total. The quantitative estimate of drug-likeness (QED) is 0.195. The molecule has 0 fully saturated rings. The minimum atomic E-state index is -0.957. The van der Waals surface area contributed by atoms with E-state index in [-0.39, 0.29) is 5.75 Å². The molecule has 0 aliphatic carbocycles. The molecule has 9 heteroatoms. The summed E-state index contributed by atoms with van der Waals surface area (Å²) in [5.74, 6) is -1.86. The molecule has 3 rings (SSSR count). The summed E-state index contributed by atoms with van der Waals surface area (Å²) in [6.45, 7) is 0. The van der Waals surface area contributed by atoms with Crippen LogP contribution in [-0.2, 0) is 9.59 Å². The predicted octanol–water partition coefficient (Wildman–Crippen LogP) is 3.66. The lowest BCUT2D eigenvalue weighted by atomic mass is 10.2. The molecule has 0 saturated heterocycles. The Kier molecular flexibility index (Phi) is 7.55. The van der Waals surface area contributed by atoms with Gasteiger partial charge in [-0.05, 0) is 54.1 Å². The van der Waals surface area contributed by atoms with Crippen LogP contribution in [0.1, 0.15) is 15.9 Å². The average Bonchev–Trinajstić information content (AvgIpc) is 2.80. The Morgan fingerprint density at radius 2 is 1.69 bits per heavy atom. The van der Waals surface area contributed by atoms with Crippen LogP contribution in [0.25, 0.3) is 0 Å². The van der Waals surface area contributed by atoms with Crippen LogP contribution in [0.3, 0.4) is 0 Å². The molecular weight excluding hydrogens is 434 g/mol. The minimum absolute atomic E-state index is 0.225. The number of hydrogen-bond donors (Lipinski definition) is 2. The maximum absolute atomic E-state index is 12.2. The fourth-order valence-electron chi connectivity index (χ4n) is 2.55. The monoisotopic (exact) mass is 451 g/mol. The number of carbonyl (C=O) groups is 3. The summed E-state index contributed by atoms with van der Waals surface area (Å²) in [6.07, 6.45) is 1.32. The molecule has 3 aromatic rings.